The first-order valence-electron chi connectivity index (χ1n) is 6.88. The molecule has 0 spiro atoms. The lowest BCUT2D eigenvalue weighted by Gasteiger charge is -2.24. The average Bonchev–Trinajstić information content (AvgIpc) is 2.90. The molecule has 5 nitrogen and oxygen atoms in total. The van der Waals surface area contributed by atoms with E-state index in [0.29, 0.717) is 18.2 Å². The maximum absolute atomic E-state index is 10.7. The highest BCUT2D eigenvalue weighted by atomic mass is 32.1. The second kappa shape index (κ2) is 7.61. The van der Waals surface area contributed by atoms with Gasteiger partial charge in [0.05, 0.1) is 6.54 Å². The summed E-state index contributed by atoms with van der Waals surface area (Å²) in [6, 6.07) is 13.7. The van der Waals surface area contributed by atoms with Gasteiger partial charge >= 0.3 is 5.97 Å². The van der Waals surface area contributed by atoms with E-state index in [-0.39, 0.29) is 6.54 Å². The number of aliphatic carboxylic acids is 1. The van der Waals surface area contributed by atoms with Crippen LogP contribution in [-0.4, -0.2) is 27.6 Å². The van der Waals surface area contributed by atoms with Crippen LogP contribution in [0.5, 0.6) is 0 Å². The van der Waals surface area contributed by atoms with E-state index in [4.69, 9.17) is 21.7 Å². The standard InChI is InChI=1S/C16H18N2O3S/c1-12-7-8-14(21-12)11-18(16(22)17-9-15(19)20)10-13-5-3-2-4-6-13/h2-8H,9-11H2,1H3,(H,17,22)(H,19,20). The van der Waals surface area contributed by atoms with Crippen molar-refractivity contribution in [3.8, 4) is 0 Å². The molecular formula is C16H18N2O3S. The summed E-state index contributed by atoms with van der Waals surface area (Å²) in [5.41, 5.74) is 1.09. The molecule has 0 amide bonds. The molecule has 1 aromatic heterocycles. The Morgan fingerprint density at radius 2 is 1.95 bits per heavy atom. The van der Waals surface area contributed by atoms with Crippen molar-refractivity contribution in [3.05, 3.63) is 59.5 Å². The lowest BCUT2D eigenvalue weighted by Crippen LogP contribution is -2.41. The Labute approximate surface area is 134 Å². The first-order chi connectivity index (χ1) is 10.5. The fourth-order valence-corrected chi connectivity index (χ4v) is 2.23. The van der Waals surface area contributed by atoms with Gasteiger partial charge in [-0.05, 0) is 36.8 Å². The molecule has 0 saturated heterocycles. The molecule has 0 aliphatic rings. The van der Waals surface area contributed by atoms with Crippen LogP contribution in [0.15, 0.2) is 46.9 Å². The van der Waals surface area contributed by atoms with E-state index in [1.807, 2.05) is 54.3 Å². The van der Waals surface area contributed by atoms with Crippen molar-refractivity contribution in [1.82, 2.24) is 10.2 Å². The average molecular weight is 318 g/mol. The van der Waals surface area contributed by atoms with Crippen LogP contribution in [0, 0.1) is 6.92 Å². The number of benzene rings is 1. The Hall–Kier alpha value is -2.34. The van der Waals surface area contributed by atoms with Gasteiger partial charge in [0.1, 0.15) is 18.1 Å². The summed E-state index contributed by atoms with van der Waals surface area (Å²) in [6.45, 7) is 2.73. The minimum absolute atomic E-state index is 0.207. The number of hydrogen-bond donors (Lipinski definition) is 2. The Morgan fingerprint density at radius 1 is 1.23 bits per heavy atom. The number of aryl methyl sites for hydroxylation is 1. The maximum atomic E-state index is 10.7. The zero-order valence-electron chi connectivity index (χ0n) is 12.3. The molecule has 116 valence electrons. The van der Waals surface area contributed by atoms with Crippen molar-refractivity contribution >= 4 is 23.3 Å². The van der Waals surface area contributed by atoms with Crippen LogP contribution in [0.1, 0.15) is 17.1 Å². The Balaban J connectivity index is 2.08. The molecule has 1 heterocycles. The Kier molecular flexibility index (Phi) is 5.55. The maximum Gasteiger partial charge on any atom is 0.322 e. The van der Waals surface area contributed by atoms with Gasteiger partial charge in [-0.25, -0.2) is 0 Å². The summed E-state index contributed by atoms with van der Waals surface area (Å²) in [6.07, 6.45) is 0. The SMILES string of the molecule is Cc1ccc(CN(Cc2ccccc2)C(=S)NCC(=O)O)o1. The molecule has 2 aromatic rings. The number of hydrogen-bond acceptors (Lipinski definition) is 3. The molecular weight excluding hydrogens is 300 g/mol. The van der Waals surface area contributed by atoms with Crippen LogP contribution >= 0.6 is 12.2 Å². The molecule has 0 saturated carbocycles. The smallest absolute Gasteiger partial charge is 0.322 e. The molecule has 0 unspecified atom stereocenters. The lowest BCUT2D eigenvalue weighted by molar-refractivity contribution is -0.135. The summed E-state index contributed by atoms with van der Waals surface area (Å²) < 4.78 is 5.58. The van der Waals surface area contributed by atoms with Crippen molar-refractivity contribution in [2.75, 3.05) is 6.54 Å². The van der Waals surface area contributed by atoms with E-state index in [1.54, 1.807) is 0 Å². The number of rotatable bonds is 6. The number of nitrogens with one attached hydrogen (secondary N) is 1. The van der Waals surface area contributed by atoms with Crippen LogP contribution in [0.25, 0.3) is 0 Å². The minimum atomic E-state index is -0.948. The summed E-state index contributed by atoms with van der Waals surface area (Å²) in [7, 11) is 0. The van der Waals surface area contributed by atoms with Crippen LogP contribution in [0.3, 0.4) is 0 Å². The molecule has 0 radical (unpaired) electrons. The van der Waals surface area contributed by atoms with Gasteiger partial charge in [-0.1, -0.05) is 30.3 Å². The third kappa shape index (κ3) is 4.89. The van der Waals surface area contributed by atoms with Crippen molar-refractivity contribution in [2.45, 2.75) is 20.0 Å². The van der Waals surface area contributed by atoms with Crippen LogP contribution in [0.4, 0.5) is 0 Å². The van der Waals surface area contributed by atoms with Crippen molar-refractivity contribution in [1.29, 1.82) is 0 Å². The molecule has 6 heteroatoms. The number of carboxylic acids is 1. The number of nitrogens with zero attached hydrogens (tertiary/aromatic N) is 1. The number of carbonyl (C=O) groups is 1. The van der Waals surface area contributed by atoms with Crippen LogP contribution in [0.2, 0.25) is 0 Å². The summed E-state index contributed by atoms with van der Waals surface area (Å²) in [4.78, 5) is 12.6. The Morgan fingerprint density at radius 3 is 2.55 bits per heavy atom. The van der Waals surface area contributed by atoms with Gasteiger partial charge in [0.25, 0.3) is 0 Å². The van der Waals surface area contributed by atoms with E-state index in [0.717, 1.165) is 17.1 Å². The summed E-state index contributed by atoms with van der Waals surface area (Å²) >= 11 is 5.31. The summed E-state index contributed by atoms with van der Waals surface area (Å²) in [5, 5.41) is 11.9. The molecule has 0 aliphatic heterocycles. The highest BCUT2D eigenvalue weighted by molar-refractivity contribution is 7.80. The fraction of sp³-hybridized carbons (Fsp3) is 0.250. The molecule has 22 heavy (non-hydrogen) atoms. The van der Waals surface area contributed by atoms with E-state index in [9.17, 15) is 4.79 Å². The van der Waals surface area contributed by atoms with Gasteiger partial charge < -0.3 is 19.7 Å². The highest BCUT2D eigenvalue weighted by Crippen LogP contribution is 2.13. The largest absolute Gasteiger partial charge is 0.480 e. The van der Waals surface area contributed by atoms with Crippen LogP contribution in [-0.2, 0) is 17.9 Å². The fourth-order valence-electron chi connectivity index (χ4n) is 2.02. The van der Waals surface area contributed by atoms with Gasteiger partial charge in [-0.2, -0.15) is 0 Å². The predicted molar refractivity (Wildman–Crippen MR) is 87.4 cm³/mol. The summed E-state index contributed by atoms with van der Waals surface area (Å²) in [5.74, 6) is 0.669. The molecule has 0 fully saturated rings. The zero-order valence-corrected chi connectivity index (χ0v) is 13.1. The third-order valence-corrected chi connectivity index (χ3v) is 3.44. The van der Waals surface area contributed by atoms with Gasteiger partial charge in [-0.3, -0.25) is 4.79 Å². The molecule has 0 bridgehead atoms. The Bertz CT molecular complexity index is 640. The van der Waals surface area contributed by atoms with Crippen molar-refractivity contribution in [2.24, 2.45) is 0 Å². The van der Waals surface area contributed by atoms with E-state index in [2.05, 4.69) is 5.32 Å². The van der Waals surface area contributed by atoms with Crippen molar-refractivity contribution in [3.63, 3.8) is 0 Å². The second-order valence-corrected chi connectivity index (χ2v) is 5.29. The van der Waals surface area contributed by atoms with Crippen LogP contribution < -0.4 is 5.32 Å². The van der Waals surface area contributed by atoms with Crippen molar-refractivity contribution < 1.29 is 14.3 Å². The second-order valence-electron chi connectivity index (χ2n) is 4.91. The third-order valence-electron chi connectivity index (χ3n) is 3.04. The minimum Gasteiger partial charge on any atom is -0.480 e. The quantitative estimate of drug-likeness (QED) is 0.798. The monoisotopic (exact) mass is 318 g/mol. The molecule has 2 N–H and O–H groups in total. The predicted octanol–water partition coefficient (Wildman–Crippen LogP) is 2.55. The van der Waals surface area contributed by atoms with Gasteiger partial charge in [0.15, 0.2) is 5.11 Å². The molecule has 0 aliphatic carbocycles. The lowest BCUT2D eigenvalue weighted by atomic mass is 10.2. The van der Waals surface area contributed by atoms with E-state index >= 15 is 0 Å². The number of carboxylic acid groups (broad SMARTS) is 1. The first-order valence-corrected chi connectivity index (χ1v) is 7.29. The topological polar surface area (TPSA) is 65.7 Å². The van der Waals surface area contributed by atoms with Gasteiger partial charge in [0, 0.05) is 6.54 Å². The zero-order chi connectivity index (χ0) is 15.9. The molecule has 0 atom stereocenters. The first kappa shape index (κ1) is 16.0. The molecule has 2 rings (SSSR count). The van der Waals surface area contributed by atoms with Gasteiger partial charge in [-0.15, -0.1) is 0 Å². The normalized spacial score (nSPS) is 10.2. The van der Waals surface area contributed by atoms with Gasteiger partial charge in [0.2, 0.25) is 0 Å². The highest BCUT2D eigenvalue weighted by Gasteiger charge is 2.13. The van der Waals surface area contributed by atoms with E-state index < -0.39 is 5.97 Å². The van der Waals surface area contributed by atoms with E-state index in [1.165, 1.54) is 0 Å². The number of furan rings is 1. The number of thiocarbonyl (C=S) groups is 1. The molecule has 1 aromatic carbocycles.